The smallest absolute Gasteiger partial charge is 0.410 e. The number of likely N-dealkylation sites (tertiary alicyclic amines) is 1. The van der Waals surface area contributed by atoms with Crippen molar-refractivity contribution in [3.8, 4) is 5.75 Å². The second-order valence-corrected chi connectivity index (χ2v) is 9.85. The fraction of sp³-hybridized carbons (Fsp3) is 0.667. The van der Waals surface area contributed by atoms with E-state index in [0.717, 1.165) is 37.9 Å². The number of benzene rings is 1. The quantitative estimate of drug-likeness (QED) is 0.755. The van der Waals surface area contributed by atoms with Crippen molar-refractivity contribution in [2.24, 2.45) is 4.99 Å². The highest BCUT2D eigenvalue weighted by molar-refractivity contribution is 5.82. The number of rotatable bonds is 5. The van der Waals surface area contributed by atoms with Crippen LogP contribution in [-0.2, 0) is 4.74 Å². The maximum absolute atomic E-state index is 12.5. The van der Waals surface area contributed by atoms with Crippen molar-refractivity contribution in [2.75, 3.05) is 52.9 Å². The topological polar surface area (TPSA) is 69.6 Å². The first-order valence-electron chi connectivity index (χ1n) is 11.7. The third kappa shape index (κ3) is 5.28. The Hall–Kier alpha value is -2.48. The molecular formula is C24H37N5O3. The fourth-order valence-electron chi connectivity index (χ4n) is 4.75. The van der Waals surface area contributed by atoms with Gasteiger partial charge in [0.1, 0.15) is 11.4 Å². The molecule has 0 aromatic heterocycles. The van der Waals surface area contributed by atoms with Crippen LogP contribution in [0.3, 0.4) is 0 Å². The van der Waals surface area contributed by atoms with E-state index in [9.17, 15) is 4.79 Å². The van der Waals surface area contributed by atoms with Gasteiger partial charge >= 0.3 is 6.09 Å². The third-order valence-electron chi connectivity index (χ3n) is 6.39. The largest absolute Gasteiger partial charge is 0.497 e. The van der Waals surface area contributed by atoms with Crippen LogP contribution in [-0.4, -0.2) is 91.3 Å². The molecule has 0 spiro atoms. The number of ether oxygens (including phenoxy) is 2. The third-order valence-corrected chi connectivity index (χ3v) is 6.39. The minimum atomic E-state index is -0.473. The molecule has 2 saturated heterocycles. The van der Waals surface area contributed by atoms with Gasteiger partial charge in [-0.2, -0.15) is 0 Å². The van der Waals surface area contributed by atoms with Crippen LogP contribution in [0.25, 0.3) is 0 Å². The molecule has 0 saturated carbocycles. The van der Waals surface area contributed by atoms with Crippen LogP contribution in [0.5, 0.6) is 5.75 Å². The Kier molecular flexibility index (Phi) is 6.79. The van der Waals surface area contributed by atoms with Crippen LogP contribution in [0.4, 0.5) is 4.79 Å². The highest BCUT2D eigenvalue weighted by atomic mass is 16.6. The van der Waals surface area contributed by atoms with Gasteiger partial charge in [-0.1, -0.05) is 12.1 Å². The minimum absolute atomic E-state index is 0.213. The minimum Gasteiger partial charge on any atom is -0.497 e. The maximum Gasteiger partial charge on any atom is 0.410 e. The summed E-state index contributed by atoms with van der Waals surface area (Å²) in [5.41, 5.74) is 0.823. The molecule has 3 aliphatic heterocycles. The molecule has 2 fully saturated rings. The van der Waals surface area contributed by atoms with E-state index in [0.29, 0.717) is 25.7 Å². The maximum atomic E-state index is 12.5. The Morgan fingerprint density at radius 2 is 1.88 bits per heavy atom. The molecule has 4 rings (SSSR count). The van der Waals surface area contributed by atoms with E-state index in [1.54, 1.807) is 7.11 Å². The van der Waals surface area contributed by atoms with Gasteiger partial charge in [0.15, 0.2) is 5.96 Å². The van der Waals surface area contributed by atoms with Crippen molar-refractivity contribution in [2.45, 2.75) is 51.3 Å². The lowest BCUT2D eigenvalue weighted by molar-refractivity contribution is 0.0137. The van der Waals surface area contributed by atoms with E-state index in [4.69, 9.17) is 14.5 Å². The van der Waals surface area contributed by atoms with Crippen LogP contribution in [0.1, 0.15) is 45.2 Å². The predicted octanol–water partition coefficient (Wildman–Crippen LogP) is 2.71. The van der Waals surface area contributed by atoms with Crippen molar-refractivity contribution in [3.63, 3.8) is 0 Å². The summed E-state index contributed by atoms with van der Waals surface area (Å²) in [5, 5.41) is 3.64. The lowest BCUT2D eigenvalue weighted by Crippen LogP contribution is -2.58. The number of fused-ring (bicyclic) bond motifs is 1. The first kappa shape index (κ1) is 22.7. The number of hydrogen-bond acceptors (Lipinski definition) is 7. The summed E-state index contributed by atoms with van der Waals surface area (Å²) >= 11 is 0. The predicted molar refractivity (Wildman–Crippen MR) is 125 cm³/mol. The average molecular weight is 444 g/mol. The molecule has 8 nitrogen and oxygen atoms in total. The van der Waals surface area contributed by atoms with Crippen LogP contribution < -0.4 is 10.1 Å². The molecule has 0 radical (unpaired) electrons. The molecule has 2 atom stereocenters. The standard InChI is InChI=1S/C24H37N5O3/c1-24(2,3)32-23(30)28-13-14-29-19(17-28)15-25-22(29)26-16-21(27-11-5-6-12-27)18-7-9-20(31-4)10-8-18/h7-10,19,21H,5-6,11-17H2,1-4H3,(H,25,26). The Morgan fingerprint density at radius 1 is 1.16 bits per heavy atom. The number of carbonyl (C=O) groups is 1. The SMILES string of the molecule is COc1ccc(C(CNC2=NCC3CN(C(=O)OC(C)(C)C)CCN23)N2CCCC2)cc1. The summed E-state index contributed by atoms with van der Waals surface area (Å²) in [6.07, 6.45) is 2.28. The number of nitrogens with one attached hydrogen (secondary N) is 1. The molecule has 2 unspecified atom stereocenters. The summed E-state index contributed by atoms with van der Waals surface area (Å²) in [5.74, 6) is 1.84. The normalized spacial score (nSPS) is 22.4. The zero-order chi connectivity index (χ0) is 22.7. The Morgan fingerprint density at radius 3 is 2.53 bits per heavy atom. The van der Waals surface area contributed by atoms with Crippen LogP contribution in [0, 0.1) is 0 Å². The van der Waals surface area contributed by atoms with Crippen molar-refractivity contribution in [3.05, 3.63) is 29.8 Å². The van der Waals surface area contributed by atoms with E-state index >= 15 is 0 Å². The van der Waals surface area contributed by atoms with Crippen molar-refractivity contribution in [1.82, 2.24) is 20.0 Å². The van der Waals surface area contributed by atoms with Gasteiger partial charge in [0.25, 0.3) is 0 Å². The van der Waals surface area contributed by atoms with Crippen LogP contribution in [0.15, 0.2) is 29.3 Å². The van der Waals surface area contributed by atoms with E-state index in [2.05, 4.69) is 27.2 Å². The van der Waals surface area contributed by atoms with Crippen LogP contribution >= 0.6 is 0 Å². The fourth-order valence-corrected chi connectivity index (χ4v) is 4.75. The highest BCUT2D eigenvalue weighted by Gasteiger charge is 2.37. The molecule has 0 bridgehead atoms. The first-order valence-corrected chi connectivity index (χ1v) is 11.7. The van der Waals surface area contributed by atoms with Gasteiger partial charge in [0.2, 0.25) is 0 Å². The number of piperazine rings is 1. The number of amides is 1. The van der Waals surface area contributed by atoms with Crippen molar-refractivity contribution < 1.29 is 14.3 Å². The number of nitrogens with zero attached hydrogens (tertiary/aromatic N) is 4. The Labute approximate surface area is 191 Å². The molecule has 1 aromatic carbocycles. The van der Waals surface area contributed by atoms with Gasteiger partial charge in [-0.3, -0.25) is 9.89 Å². The van der Waals surface area contributed by atoms with Gasteiger partial charge in [0.05, 0.1) is 25.7 Å². The molecule has 3 heterocycles. The molecule has 176 valence electrons. The van der Waals surface area contributed by atoms with Gasteiger partial charge < -0.3 is 24.6 Å². The number of hydrogen-bond donors (Lipinski definition) is 1. The molecule has 1 aromatic rings. The first-order chi connectivity index (χ1) is 15.3. The van der Waals surface area contributed by atoms with Gasteiger partial charge in [-0.05, 0) is 64.4 Å². The van der Waals surface area contributed by atoms with Crippen LogP contribution in [0.2, 0.25) is 0 Å². The molecule has 32 heavy (non-hydrogen) atoms. The molecular weight excluding hydrogens is 406 g/mol. The number of aliphatic imine (C=N–C) groups is 1. The molecule has 3 aliphatic rings. The average Bonchev–Trinajstić information content (AvgIpc) is 3.43. The lowest BCUT2D eigenvalue weighted by atomic mass is 10.1. The van der Waals surface area contributed by atoms with Crippen molar-refractivity contribution in [1.29, 1.82) is 0 Å². The van der Waals surface area contributed by atoms with Crippen molar-refractivity contribution >= 4 is 12.1 Å². The molecule has 1 N–H and O–H groups in total. The summed E-state index contributed by atoms with van der Waals surface area (Å²) in [7, 11) is 1.70. The summed E-state index contributed by atoms with van der Waals surface area (Å²) in [6.45, 7) is 11.6. The van der Waals surface area contributed by atoms with E-state index < -0.39 is 5.60 Å². The molecule has 8 heteroatoms. The zero-order valence-corrected chi connectivity index (χ0v) is 19.8. The number of guanidine groups is 1. The summed E-state index contributed by atoms with van der Waals surface area (Å²) < 4.78 is 10.9. The second-order valence-electron chi connectivity index (χ2n) is 9.85. The summed E-state index contributed by atoms with van der Waals surface area (Å²) in [4.78, 5) is 23.9. The number of methoxy groups -OCH3 is 1. The second kappa shape index (κ2) is 9.57. The monoisotopic (exact) mass is 443 g/mol. The number of carbonyl (C=O) groups excluding carboxylic acids is 1. The Balaban J connectivity index is 1.36. The molecule has 1 amide bonds. The van der Waals surface area contributed by atoms with Gasteiger partial charge in [0, 0.05) is 26.2 Å². The summed E-state index contributed by atoms with van der Waals surface area (Å²) in [6, 6.07) is 8.93. The molecule has 0 aliphatic carbocycles. The highest BCUT2D eigenvalue weighted by Crippen LogP contribution is 2.27. The zero-order valence-electron chi connectivity index (χ0n) is 19.8. The van der Waals surface area contributed by atoms with Gasteiger partial charge in [-0.15, -0.1) is 0 Å². The van der Waals surface area contributed by atoms with E-state index in [1.807, 2.05) is 37.8 Å². The van der Waals surface area contributed by atoms with Gasteiger partial charge in [-0.25, -0.2) is 4.79 Å². The van der Waals surface area contributed by atoms with E-state index in [-0.39, 0.29) is 12.1 Å². The lowest BCUT2D eigenvalue weighted by Gasteiger charge is -2.39. The van der Waals surface area contributed by atoms with E-state index in [1.165, 1.54) is 18.4 Å². The Bertz CT molecular complexity index is 814.